The van der Waals surface area contributed by atoms with Crippen molar-refractivity contribution >= 4 is 25.0 Å². The molecule has 1 saturated heterocycles. The van der Waals surface area contributed by atoms with Crippen LogP contribution in [0.3, 0.4) is 0 Å². The molecule has 0 amide bonds. The van der Waals surface area contributed by atoms with E-state index >= 15 is 0 Å². The van der Waals surface area contributed by atoms with Crippen LogP contribution in [0.5, 0.6) is 0 Å². The molecule has 0 aliphatic carbocycles. The normalized spacial score (nSPS) is 17.2. The first-order valence-electron chi connectivity index (χ1n) is 4.88. The van der Waals surface area contributed by atoms with Gasteiger partial charge in [-0.2, -0.15) is 0 Å². The minimum absolute atomic E-state index is 0.230. The van der Waals surface area contributed by atoms with Gasteiger partial charge in [-0.3, -0.25) is 0 Å². The van der Waals surface area contributed by atoms with E-state index in [1.807, 2.05) is 4.90 Å². The van der Waals surface area contributed by atoms with E-state index < -0.39 is 26.5 Å². The van der Waals surface area contributed by atoms with Crippen molar-refractivity contribution in [1.82, 2.24) is 4.98 Å². The number of carbonyl (C=O) groups is 1. The number of rotatable bonds is 2. The van der Waals surface area contributed by atoms with Crippen LogP contribution in [-0.4, -0.2) is 57.8 Å². The molecular weight excluding hydrogens is 304 g/mol. The van der Waals surface area contributed by atoms with Crippen molar-refractivity contribution in [1.29, 1.82) is 0 Å². The number of hydrogen-bond donors (Lipinski definition) is 0. The van der Waals surface area contributed by atoms with Crippen LogP contribution in [0.4, 0.5) is 17.9 Å². The molecule has 0 spiro atoms. The van der Waals surface area contributed by atoms with Crippen LogP contribution in [-0.2, 0) is 4.74 Å². The fourth-order valence-corrected chi connectivity index (χ4v) is 3.36. The molecule has 1 aliphatic heterocycles. The van der Waals surface area contributed by atoms with Crippen molar-refractivity contribution in [3.63, 3.8) is 0 Å². The summed E-state index contributed by atoms with van der Waals surface area (Å²) in [7, 11) is 0. The number of alkyl halides is 3. The van der Waals surface area contributed by atoms with Gasteiger partial charge in [-0.05, 0) is 0 Å². The molecule has 17 heavy (non-hydrogen) atoms. The monoisotopic (exact) mass is 314 g/mol. The molecule has 0 radical (unpaired) electrons. The third-order valence-corrected chi connectivity index (χ3v) is 4.47. The zero-order valence-electron chi connectivity index (χ0n) is 8.66. The Labute approximate surface area is 101 Å². The third-order valence-electron chi connectivity index (χ3n) is 2.26. The number of aromatic nitrogens is 1. The SMILES string of the molecule is O=C(c1cnc(N2CCOCC2)[se]1)C(F)(F)F. The fourth-order valence-electron chi connectivity index (χ4n) is 1.41. The number of nitrogens with zero attached hydrogens (tertiary/aromatic N) is 2. The van der Waals surface area contributed by atoms with Crippen LogP contribution in [0.1, 0.15) is 9.23 Å². The predicted molar refractivity (Wildman–Crippen MR) is 54.6 cm³/mol. The maximum absolute atomic E-state index is 12.2. The summed E-state index contributed by atoms with van der Waals surface area (Å²) < 4.78 is 42.1. The first-order valence-corrected chi connectivity index (χ1v) is 6.60. The maximum atomic E-state index is 12.2. The van der Waals surface area contributed by atoms with E-state index in [0.29, 0.717) is 31.0 Å². The van der Waals surface area contributed by atoms with Gasteiger partial charge in [0.05, 0.1) is 0 Å². The number of hydrogen-bond acceptors (Lipinski definition) is 4. The van der Waals surface area contributed by atoms with E-state index in [9.17, 15) is 18.0 Å². The van der Waals surface area contributed by atoms with E-state index in [-0.39, 0.29) is 4.44 Å². The van der Waals surface area contributed by atoms with Crippen molar-refractivity contribution in [2.24, 2.45) is 0 Å². The molecule has 0 atom stereocenters. The molecule has 94 valence electrons. The van der Waals surface area contributed by atoms with Gasteiger partial charge in [0.2, 0.25) is 0 Å². The van der Waals surface area contributed by atoms with Gasteiger partial charge < -0.3 is 0 Å². The van der Waals surface area contributed by atoms with Crippen LogP contribution in [0, 0.1) is 0 Å². The Morgan fingerprint density at radius 3 is 2.65 bits per heavy atom. The van der Waals surface area contributed by atoms with E-state index in [2.05, 4.69) is 4.98 Å². The zero-order chi connectivity index (χ0) is 12.5. The van der Waals surface area contributed by atoms with Gasteiger partial charge in [0, 0.05) is 0 Å². The molecule has 8 heteroatoms. The summed E-state index contributed by atoms with van der Waals surface area (Å²) in [4.78, 5) is 16.8. The molecule has 2 heterocycles. The minimum atomic E-state index is -4.80. The Balaban J connectivity index is 2.12. The second kappa shape index (κ2) is 4.80. The van der Waals surface area contributed by atoms with Gasteiger partial charge in [0.1, 0.15) is 0 Å². The summed E-state index contributed by atoms with van der Waals surface area (Å²) in [5.41, 5.74) is 0. The molecule has 1 aliphatic rings. The summed E-state index contributed by atoms with van der Waals surface area (Å²) in [5, 5.41) is 0. The summed E-state index contributed by atoms with van der Waals surface area (Å²) >= 11 is -0.649. The van der Waals surface area contributed by atoms with Crippen LogP contribution in [0.25, 0.3) is 0 Å². The first kappa shape index (κ1) is 12.6. The third kappa shape index (κ3) is 2.88. The van der Waals surface area contributed by atoms with E-state index in [1.54, 1.807) is 0 Å². The second-order valence-corrected chi connectivity index (χ2v) is 5.55. The Morgan fingerprint density at radius 2 is 2.06 bits per heavy atom. The Morgan fingerprint density at radius 1 is 1.41 bits per heavy atom. The molecule has 0 saturated carbocycles. The van der Waals surface area contributed by atoms with Crippen molar-refractivity contribution in [2.75, 3.05) is 31.2 Å². The molecule has 0 bridgehead atoms. The molecule has 0 aromatic carbocycles. The molecule has 4 nitrogen and oxygen atoms in total. The molecule has 2 rings (SSSR count). The first-order chi connectivity index (χ1) is 7.98. The van der Waals surface area contributed by atoms with E-state index in [1.165, 1.54) is 0 Å². The Bertz CT molecular complexity index is 413. The van der Waals surface area contributed by atoms with Crippen molar-refractivity contribution < 1.29 is 22.7 Å². The van der Waals surface area contributed by atoms with Crippen LogP contribution in [0.2, 0.25) is 0 Å². The van der Waals surface area contributed by atoms with Gasteiger partial charge in [-0.15, -0.1) is 0 Å². The van der Waals surface area contributed by atoms with Gasteiger partial charge in [-0.25, -0.2) is 0 Å². The average Bonchev–Trinajstić information content (AvgIpc) is 2.77. The molecule has 1 fully saturated rings. The van der Waals surface area contributed by atoms with Crippen LogP contribution in [0.15, 0.2) is 6.20 Å². The Hall–Kier alpha value is -0.851. The van der Waals surface area contributed by atoms with Gasteiger partial charge >= 0.3 is 101 Å². The van der Waals surface area contributed by atoms with E-state index in [0.717, 1.165) is 6.20 Å². The number of Topliss-reactive ketones (excluding diaryl/α,β-unsaturated/α-hetero) is 1. The van der Waals surface area contributed by atoms with Crippen molar-refractivity contribution in [2.45, 2.75) is 6.18 Å². The van der Waals surface area contributed by atoms with Crippen LogP contribution < -0.4 is 4.90 Å². The summed E-state index contributed by atoms with van der Waals surface area (Å²) in [5.74, 6) is -1.77. The number of carbonyl (C=O) groups excluding carboxylic acids is 1. The number of anilines is 1. The summed E-state index contributed by atoms with van der Waals surface area (Å²) in [6, 6.07) is 0. The van der Waals surface area contributed by atoms with Crippen molar-refractivity contribution in [3.8, 4) is 0 Å². The fraction of sp³-hybridized carbons (Fsp3) is 0.556. The van der Waals surface area contributed by atoms with Crippen LogP contribution >= 0.6 is 0 Å². The molecule has 0 unspecified atom stereocenters. The predicted octanol–water partition coefficient (Wildman–Crippen LogP) is 0.720. The van der Waals surface area contributed by atoms with Gasteiger partial charge in [0.25, 0.3) is 0 Å². The van der Waals surface area contributed by atoms with E-state index in [4.69, 9.17) is 4.74 Å². The number of morpholine rings is 1. The standard InChI is InChI=1S/C9H9F3N2O2Se/c10-9(11,12)7(15)6-5-13-8(17-6)14-1-3-16-4-2-14/h5H,1-4H2. The molecular formula is C9H9F3N2O2Se. The number of halogens is 3. The molecule has 0 N–H and O–H groups in total. The second-order valence-electron chi connectivity index (χ2n) is 3.43. The van der Waals surface area contributed by atoms with Crippen molar-refractivity contribution in [3.05, 3.63) is 10.6 Å². The summed E-state index contributed by atoms with van der Waals surface area (Å²) in [6.07, 6.45) is -3.76. The molecule has 1 aromatic rings. The number of ether oxygens (including phenoxy) is 1. The zero-order valence-corrected chi connectivity index (χ0v) is 10.4. The topological polar surface area (TPSA) is 42.4 Å². The van der Waals surface area contributed by atoms with Gasteiger partial charge in [-0.1, -0.05) is 0 Å². The quantitative estimate of drug-likeness (QED) is 0.596. The summed E-state index contributed by atoms with van der Waals surface area (Å²) in [6.45, 7) is 2.30. The number of ketones is 1. The molecule has 1 aromatic heterocycles. The van der Waals surface area contributed by atoms with Gasteiger partial charge in [0.15, 0.2) is 0 Å². The Kier molecular flexibility index (Phi) is 3.55. The average molecular weight is 313 g/mol.